The van der Waals surface area contributed by atoms with E-state index in [9.17, 15) is 0 Å². The van der Waals surface area contributed by atoms with Crippen LogP contribution in [0.15, 0.2) is 0 Å². The van der Waals surface area contributed by atoms with Crippen LogP contribution in [0.3, 0.4) is 0 Å². The minimum absolute atomic E-state index is 0.345. The van der Waals surface area contributed by atoms with Gasteiger partial charge in [0.2, 0.25) is 0 Å². The van der Waals surface area contributed by atoms with E-state index >= 15 is 0 Å². The summed E-state index contributed by atoms with van der Waals surface area (Å²) in [6, 6.07) is 0. The number of alkyl halides is 1. The largest absolute Gasteiger partial charge is 0.414 e. The third-order valence-electron chi connectivity index (χ3n) is 3.87. The lowest BCUT2D eigenvalue weighted by molar-refractivity contribution is 0.140. The lowest BCUT2D eigenvalue weighted by atomic mass is 9.98. The highest BCUT2D eigenvalue weighted by molar-refractivity contribution is 9.09. The van der Waals surface area contributed by atoms with Crippen molar-refractivity contribution in [3.8, 4) is 0 Å². The minimum atomic E-state index is -1.53. The van der Waals surface area contributed by atoms with E-state index in [4.69, 9.17) is 4.43 Å². The van der Waals surface area contributed by atoms with E-state index in [0.29, 0.717) is 11.1 Å². The molecule has 1 aliphatic carbocycles. The van der Waals surface area contributed by atoms with Crippen molar-refractivity contribution in [1.29, 1.82) is 0 Å². The van der Waals surface area contributed by atoms with Crippen molar-refractivity contribution < 1.29 is 4.43 Å². The van der Waals surface area contributed by atoms with Gasteiger partial charge in [-0.15, -0.1) is 0 Å². The van der Waals surface area contributed by atoms with Crippen molar-refractivity contribution in [3.63, 3.8) is 0 Å². The van der Waals surface area contributed by atoms with Crippen molar-refractivity contribution in [2.75, 3.05) is 0 Å². The highest BCUT2D eigenvalue weighted by Crippen LogP contribution is 2.39. The molecule has 0 aromatic rings. The van der Waals surface area contributed by atoms with Crippen LogP contribution in [0, 0.1) is 0 Å². The third-order valence-corrected chi connectivity index (χ3v) is 9.32. The van der Waals surface area contributed by atoms with Gasteiger partial charge in [-0.3, -0.25) is 0 Å². The van der Waals surface area contributed by atoms with Crippen LogP contribution < -0.4 is 0 Å². The van der Waals surface area contributed by atoms with Gasteiger partial charge in [-0.05, 0) is 43.8 Å². The van der Waals surface area contributed by atoms with Gasteiger partial charge in [0.15, 0.2) is 8.32 Å². The van der Waals surface area contributed by atoms with Crippen molar-refractivity contribution in [3.05, 3.63) is 0 Å². The highest BCUT2D eigenvalue weighted by atomic mass is 79.9. The van der Waals surface area contributed by atoms with Crippen LogP contribution in [0.25, 0.3) is 0 Å². The molecule has 0 radical (unpaired) electrons. The first-order valence-electron chi connectivity index (χ1n) is 6.04. The second-order valence-electron chi connectivity index (χ2n) is 6.25. The summed E-state index contributed by atoms with van der Waals surface area (Å²) in [7, 11) is -1.53. The summed E-state index contributed by atoms with van der Waals surface area (Å²) in [5, 5.41) is 0.345. The maximum absolute atomic E-state index is 6.41. The topological polar surface area (TPSA) is 9.23 Å². The second-order valence-corrected chi connectivity index (χ2v) is 12.3. The minimum Gasteiger partial charge on any atom is -0.414 e. The van der Waals surface area contributed by atoms with E-state index in [1.54, 1.807) is 0 Å². The molecule has 1 nitrogen and oxygen atoms in total. The van der Waals surface area contributed by atoms with Gasteiger partial charge in [-0.25, -0.2) is 0 Å². The molecule has 0 aromatic heterocycles. The van der Waals surface area contributed by atoms with Crippen molar-refractivity contribution >= 4 is 24.2 Å². The quantitative estimate of drug-likeness (QED) is 0.529. The number of halogens is 1. The van der Waals surface area contributed by atoms with Crippen LogP contribution in [-0.2, 0) is 4.43 Å². The molecule has 1 fully saturated rings. The maximum Gasteiger partial charge on any atom is 0.192 e. The maximum atomic E-state index is 6.41. The lowest BCUT2D eigenvalue weighted by Gasteiger charge is -2.40. The monoisotopic (exact) mass is 292 g/mol. The van der Waals surface area contributed by atoms with Gasteiger partial charge in [0.05, 0.1) is 0 Å². The smallest absolute Gasteiger partial charge is 0.192 e. The normalized spacial score (nSPS) is 29.2. The van der Waals surface area contributed by atoms with Gasteiger partial charge in [-0.2, -0.15) is 0 Å². The van der Waals surface area contributed by atoms with Gasteiger partial charge < -0.3 is 4.43 Å². The molecule has 1 rings (SSSR count). The first-order valence-corrected chi connectivity index (χ1v) is 9.86. The Morgan fingerprint density at radius 1 is 1.07 bits per heavy atom. The van der Waals surface area contributed by atoms with E-state index in [-0.39, 0.29) is 0 Å². The molecule has 3 heteroatoms. The fourth-order valence-electron chi connectivity index (χ4n) is 1.73. The summed E-state index contributed by atoms with van der Waals surface area (Å²) >= 11 is 3.69. The van der Waals surface area contributed by atoms with Crippen LogP contribution in [0.2, 0.25) is 18.1 Å². The lowest BCUT2D eigenvalue weighted by Crippen LogP contribution is -2.44. The van der Waals surface area contributed by atoms with Gasteiger partial charge >= 0.3 is 0 Å². The van der Waals surface area contributed by atoms with Gasteiger partial charge in [0.1, 0.15) is 0 Å². The average molecular weight is 293 g/mol. The summed E-state index contributed by atoms with van der Waals surface area (Å²) in [6.45, 7) is 11.7. The molecule has 15 heavy (non-hydrogen) atoms. The Labute approximate surface area is 104 Å². The van der Waals surface area contributed by atoms with Gasteiger partial charge in [-0.1, -0.05) is 36.7 Å². The summed E-state index contributed by atoms with van der Waals surface area (Å²) in [6.07, 6.45) is 5.56. The molecule has 1 aliphatic rings. The second kappa shape index (κ2) is 4.88. The van der Waals surface area contributed by atoms with Crippen molar-refractivity contribution in [2.45, 2.75) is 75.5 Å². The van der Waals surface area contributed by atoms with Crippen LogP contribution >= 0.6 is 15.9 Å². The van der Waals surface area contributed by atoms with Crippen LogP contribution in [0.1, 0.15) is 46.5 Å². The van der Waals surface area contributed by atoms with Crippen LogP contribution in [0.5, 0.6) is 0 Å². The predicted molar refractivity (Wildman–Crippen MR) is 73.3 cm³/mol. The molecule has 0 aliphatic heterocycles. The summed E-state index contributed by atoms with van der Waals surface area (Å²) < 4.78 is 6.41. The Morgan fingerprint density at radius 3 is 1.93 bits per heavy atom. The van der Waals surface area contributed by atoms with E-state index in [1.165, 1.54) is 25.7 Å². The zero-order chi connectivity index (χ0) is 11.7. The third kappa shape index (κ3) is 3.86. The fourth-order valence-corrected chi connectivity index (χ4v) is 3.68. The molecule has 0 atom stereocenters. The number of hydrogen-bond acceptors (Lipinski definition) is 1. The van der Waals surface area contributed by atoms with Crippen molar-refractivity contribution in [1.82, 2.24) is 0 Å². The summed E-state index contributed by atoms with van der Waals surface area (Å²) in [5.41, 5.74) is 0. The molecule has 0 spiro atoms. The molecule has 0 saturated heterocycles. The fraction of sp³-hybridized carbons (Fsp3) is 1.00. The zero-order valence-corrected chi connectivity index (χ0v) is 13.4. The van der Waals surface area contributed by atoms with Crippen LogP contribution in [-0.4, -0.2) is 19.2 Å². The molecule has 0 aromatic carbocycles. The zero-order valence-electron chi connectivity index (χ0n) is 10.8. The average Bonchev–Trinajstić information content (AvgIpc) is 2.06. The Morgan fingerprint density at radius 2 is 1.53 bits per heavy atom. The molecule has 0 N–H and O–H groups in total. The van der Waals surface area contributed by atoms with E-state index in [2.05, 4.69) is 49.8 Å². The van der Waals surface area contributed by atoms with Gasteiger partial charge in [0, 0.05) is 10.9 Å². The Hall–Kier alpha value is 0.657. The number of hydrogen-bond donors (Lipinski definition) is 0. The number of rotatable bonds is 2. The van der Waals surface area contributed by atoms with E-state index in [0.717, 1.165) is 4.83 Å². The Kier molecular flexibility index (Phi) is 4.47. The molecular weight excluding hydrogens is 268 g/mol. The Balaban J connectivity index is 2.48. The summed E-state index contributed by atoms with van der Waals surface area (Å²) in [4.78, 5) is 0.733. The van der Waals surface area contributed by atoms with Crippen molar-refractivity contribution in [2.24, 2.45) is 0 Å². The molecule has 90 valence electrons. The molecule has 0 amide bonds. The Bertz CT molecular complexity index is 202. The van der Waals surface area contributed by atoms with Crippen LogP contribution in [0.4, 0.5) is 0 Å². The SMILES string of the molecule is CC(C)(C)[Si](C)(C)O[C@H]1CC[C@H](Br)CC1. The molecule has 0 unspecified atom stereocenters. The van der Waals surface area contributed by atoms with Gasteiger partial charge in [0.25, 0.3) is 0 Å². The molecule has 0 heterocycles. The van der Waals surface area contributed by atoms with E-state index in [1.807, 2.05) is 0 Å². The van der Waals surface area contributed by atoms with E-state index < -0.39 is 8.32 Å². The molecule has 1 saturated carbocycles. The standard InChI is InChI=1S/C12H25BrOSi/c1-12(2,3)15(4,5)14-11-8-6-10(13)7-9-11/h10-11H,6-9H2,1-5H3/t10-,11-. The molecular formula is C12H25BrOSi. The first-order chi connectivity index (χ1) is 6.72. The summed E-state index contributed by atoms with van der Waals surface area (Å²) in [5.74, 6) is 0. The molecule has 0 bridgehead atoms. The predicted octanol–water partition coefficient (Wildman–Crippen LogP) is 4.71. The highest BCUT2D eigenvalue weighted by Gasteiger charge is 2.39. The first kappa shape index (κ1) is 13.7.